The molecule has 0 radical (unpaired) electrons. The van der Waals surface area contributed by atoms with E-state index < -0.39 is 5.60 Å². The van der Waals surface area contributed by atoms with E-state index in [1.165, 1.54) is 16.7 Å². The average molecular weight is 531 g/mol. The zero-order valence-corrected chi connectivity index (χ0v) is 23.6. The number of pyridine rings is 1. The summed E-state index contributed by atoms with van der Waals surface area (Å²) in [5.74, 6) is 1.42. The molecule has 3 aromatic rings. The van der Waals surface area contributed by atoms with Gasteiger partial charge in [0.15, 0.2) is 0 Å². The highest BCUT2D eigenvalue weighted by Crippen LogP contribution is 2.45. The minimum absolute atomic E-state index is 0.261. The van der Waals surface area contributed by atoms with Gasteiger partial charge in [-0.05, 0) is 80.8 Å². The summed E-state index contributed by atoms with van der Waals surface area (Å²) in [6.45, 7) is 7.88. The molecule has 206 valence electrons. The van der Waals surface area contributed by atoms with E-state index in [9.17, 15) is 4.79 Å². The van der Waals surface area contributed by atoms with Gasteiger partial charge in [-0.1, -0.05) is 30.3 Å². The summed E-state index contributed by atoms with van der Waals surface area (Å²) in [6, 6.07) is 14.6. The molecule has 0 fully saturated rings. The number of ether oxygens (including phenoxy) is 4. The minimum atomic E-state index is -0.505. The van der Waals surface area contributed by atoms with Gasteiger partial charge in [0.2, 0.25) is 5.88 Å². The predicted molar refractivity (Wildman–Crippen MR) is 151 cm³/mol. The fourth-order valence-electron chi connectivity index (χ4n) is 5.52. The van der Waals surface area contributed by atoms with Crippen molar-refractivity contribution in [1.82, 2.24) is 9.88 Å². The van der Waals surface area contributed by atoms with E-state index in [4.69, 9.17) is 23.9 Å². The van der Waals surface area contributed by atoms with Crippen LogP contribution in [0.3, 0.4) is 0 Å². The first-order valence-corrected chi connectivity index (χ1v) is 13.7. The third kappa shape index (κ3) is 5.74. The van der Waals surface area contributed by atoms with Crippen molar-refractivity contribution >= 4 is 6.09 Å². The summed E-state index contributed by atoms with van der Waals surface area (Å²) >= 11 is 0. The lowest BCUT2D eigenvalue weighted by molar-refractivity contribution is 0.0224. The fraction of sp³-hybridized carbons (Fsp3) is 0.438. The second-order valence-electron chi connectivity index (χ2n) is 11.1. The van der Waals surface area contributed by atoms with Crippen molar-refractivity contribution in [2.45, 2.75) is 58.6 Å². The lowest BCUT2D eigenvalue weighted by Crippen LogP contribution is -2.39. The molecular weight excluding hydrogens is 492 g/mol. The number of hydrogen-bond donors (Lipinski definition) is 0. The molecule has 1 aliphatic heterocycles. The number of aromatic nitrogens is 1. The van der Waals surface area contributed by atoms with Crippen LogP contribution in [0, 0.1) is 0 Å². The Balaban J connectivity index is 1.49. The maximum atomic E-state index is 12.6. The van der Waals surface area contributed by atoms with E-state index in [-0.39, 0.29) is 6.09 Å². The van der Waals surface area contributed by atoms with Crippen LogP contribution in [-0.2, 0) is 35.3 Å². The number of carbonyl (C=O) groups excluding carboxylic acids is 1. The van der Waals surface area contributed by atoms with Crippen LogP contribution in [0.25, 0.3) is 22.4 Å². The van der Waals surface area contributed by atoms with E-state index >= 15 is 0 Å². The van der Waals surface area contributed by atoms with Crippen molar-refractivity contribution in [3.63, 3.8) is 0 Å². The first-order chi connectivity index (χ1) is 18.8. The Kier molecular flexibility index (Phi) is 7.80. The summed E-state index contributed by atoms with van der Waals surface area (Å²) in [5.41, 5.74) is 8.55. The van der Waals surface area contributed by atoms with Gasteiger partial charge in [-0.15, -0.1) is 0 Å². The van der Waals surface area contributed by atoms with Crippen LogP contribution in [0.4, 0.5) is 4.79 Å². The summed E-state index contributed by atoms with van der Waals surface area (Å²) in [6.07, 6.45) is 3.55. The van der Waals surface area contributed by atoms with Crippen molar-refractivity contribution in [2.24, 2.45) is 0 Å². The fourth-order valence-corrected chi connectivity index (χ4v) is 5.52. The SMILES string of the molecule is COCCOc1ccccc1-c1c(OC)nc(-c2ccc3c(c2)CCN(C(=O)OC(C)(C)C)C3)c2c1CCC2. The molecule has 2 aromatic carbocycles. The number of para-hydroxylation sites is 1. The molecule has 0 spiro atoms. The van der Waals surface area contributed by atoms with Gasteiger partial charge in [0.1, 0.15) is 18.0 Å². The molecule has 1 aromatic heterocycles. The van der Waals surface area contributed by atoms with Crippen LogP contribution >= 0.6 is 0 Å². The Morgan fingerprint density at radius 3 is 2.54 bits per heavy atom. The molecule has 0 bridgehead atoms. The quantitative estimate of drug-likeness (QED) is 0.337. The number of benzene rings is 2. The smallest absolute Gasteiger partial charge is 0.410 e. The van der Waals surface area contributed by atoms with Gasteiger partial charge in [0.05, 0.1) is 25.0 Å². The van der Waals surface area contributed by atoms with Crippen molar-refractivity contribution in [3.05, 3.63) is 64.7 Å². The van der Waals surface area contributed by atoms with Gasteiger partial charge in [0, 0.05) is 31.3 Å². The van der Waals surface area contributed by atoms with Crippen molar-refractivity contribution in [3.8, 4) is 34.0 Å². The van der Waals surface area contributed by atoms with Crippen LogP contribution in [0.1, 0.15) is 49.4 Å². The predicted octanol–water partition coefficient (Wildman–Crippen LogP) is 6.23. The highest BCUT2D eigenvalue weighted by molar-refractivity contribution is 5.83. The first kappa shape index (κ1) is 27.0. The van der Waals surface area contributed by atoms with E-state index in [1.807, 2.05) is 39.0 Å². The number of nitrogens with zero attached hydrogens (tertiary/aromatic N) is 2. The second-order valence-corrected chi connectivity index (χ2v) is 11.1. The highest BCUT2D eigenvalue weighted by atomic mass is 16.6. The zero-order chi connectivity index (χ0) is 27.6. The van der Waals surface area contributed by atoms with Gasteiger partial charge >= 0.3 is 6.09 Å². The van der Waals surface area contributed by atoms with Crippen molar-refractivity contribution < 1.29 is 23.7 Å². The summed E-state index contributed by atoms with van der Waals surface area (Å²) < 4.78 is 22.8. The van der Waals surface area contributed by atoms with Crippen molar-refractivity contribution in [2.75, 3.05) is 34.0 Å². The Labute approximate surface area is 231 Å². The summed E-state index contributed by atoms with van der Waals surface area (Å²) in [5, 5.41) is 0. The Morgan fingerprint density at radius 2 is 1.77 bits per heavy atom. The molecule has 0 saturated carbocycles. The monoisotopic (exact) mass is 530 g/mol. The number of rotatable bonds is 7. The number of fused-ring (bicyclic) bond motifs is 2. The lowest BCUT2D eigenvalue weighted by Gasteiger charge is -2.31. The summed E-state index contributed by atoms with van der Waals surface area (Å²) in [7, 11) is 3.36. The Morgan fingerprint density at radius 1 is 0.974 bits per heavy atom. The van der Waals surface area contributed by atoms with Crippen LogP contribution in [-0.4, -0.2) is 55.6 Å². The average Bonchev–Trinajstić information content (AvgIpc) is 3.41. The maximum absolute atomic E-state index is 12.6. The van der Waals surface area contributed by atoms with E-state index in [1.54, 1.807) is 19.1 Å². The largest absolute Gasteiger partial charge is 0.491 e. The lowest BCUT2D eigenvalue weighted by atomic mass is 9.92. The molecule has 7 heteroatoms. The first-order valence-electron chi connectivity index (χ1n) is 13.7. The maximum Gasteiger partial charge on any atom is 0.410 e. The highest BCUT2D eigenvalue weighted by Gasteiger charge is 2.29. The molecule has 0 saturated heterocycles. The minimum Gasteiger partial charge on any atom is -0.491 e. The van der Waals surface area contributed by atoms with E-state index in [2.05, 4.69) is 24.3 Å². The molecule has 1 amide bonds. The van der Waals surface area contributed by atoms with Crippen LogP contribution in [0.15, 0.2) is 42.5 Å². The second kappa shape index (κ2) is 11.3. The molecular formula is C32H38N2O5. The van der Waals surface area contributed by atoms with Gasteiger partial charge in [-0.2, -0.15) is 0 Å². The molecule has 0 N–H and O–H groups in total. The van der Waals surface area contributed by atoms with Gasteiger partial charge in [0.25, 0.3) is 0 Å². The number of methoxy groups -OCH3 is 2. The standard InChI is InChI=1S/C32H38N2O5/c1-32(2,3)39-31(35)34-16-15-21-19-22(13-14-23(21)20-34)29-25-11-8-10-24(25)28(30(33-29)37-5)26-9-6-7-12-27(26)38-18-17-36-4/h6-7,9,12-14,19H,8,10-11,15-18,20H2,1-5H3. The van der Waals surface area contributed by atoms with Gasteiger partial charge < -0.3 is 23.8 Å². The normalized spacial score (nSPS) is 14.5. The molecule has 5 rings (SSSR count). The third-order valence-corrected chi connectivity index (χ3v) is 7.27. The molecule has 2 heterocycles. The number of carbonyl (C=O) groups is 1. The van der Waals surface area contributed by atoms with Crippen LogP contribution in [0.5, 0.6) is 11.6 Å². The van der Waals surface area contributed by atoms with Crippen LogP contribution in [0.2, 0.25) is 0 Å². The van der Waals surface area contributed by atoms with Crippen molar-refractivity contribution in [1.29, 1.82) is 0 Å². The van der Waals surface area contributed by atoms with E-state index in [0.717, 1.165) is 59.4 Å². The Bertz CT molecular complexity index is 1360. The van der Waals surface area contributed by atoms with E-state index in [0.29, 0.717) is 32.2 Å². The zero-order valence-electron chi connectivity index (χ0n) is 23.6. The van der Waals surface area contributed by atoms with Crippen LogP contribution < -0.4 is 9.47 Å². The molecule has 1 aliphatic carbocycles. The molecule has 39 heavy (non-hydrogen) atoms. The topological polar surface area (TPSA) is 70.1 Å². The molecule has 2 aliphatic rings. The summed E-state index contributed by atoms with van der Waals surface area (Å²) in [4.78, 5) is 19.5. The number of amides is 1. The number of hydrogen-bond acceptors (Lipinski definition) is 6. The molecule has 0 unspecified atom stereocenters. The Hall–Kier alpha value is -3.58. The van der Waals surface area contributed by atoms with Gasteiger partial charge in [-0.3, -0.25) is 0 Å². The molecule has 7 nitrogen and oxygen atoms in total. The third-order valence-electron chi connectivity index (χ3n) is 7.27. The van der Waals surface area contributed by atoms with Gasteiger partial charge in [-0.25, -0.2) is 9.78 Å². The molecule has 0 atom stereocenters.